The van der Waals surface area contributed by atoms with Gasteiger partial charge in [-0.15, -0.1) is 5.06 Å². The third-order valence-corrected chi connectivity index (χ3v) is 2.61. The molecule has 82 valence electrons. The smallest absolute Gasteiger partial charge is 0.189 e. The van der Waals surface area contributed by atoms with Crippen molar-refractivity contribution in [2.45, 2.75) is 19.3 Å². The summed E-state index contributed by atoms with van der Waals surface area (Å²) in [6, 6.07) is 7.76. The van der Waals surface area contributed by atoms with Gasteiger partial charge in [0.25, 0.3) is 0 Å². The zero-order valence-corrected chi connectivity index (χ0v) is 9.11. The average Bonchev–Trinajstić information content (AvgIpc) is 2.31. The maximum absolute atomic E-state index is 5.79. The number of hydrogen-bond donors (Lipinski definition) is 0. The van der Waals surface area contributed by atoms with Crippen LogP contribution in [0, 0.1) is 0 Å². The number of hydroxylamine groups is 2. The molecule has 0 unspecified atom stereocenters. The van der Waals surface area contributed by atoms with E-state index in [-0.39, 0.29) is 0 Å². The lowest BCUT2D eigenvalue weighted by Crippen LogP contribution is -2.32. The van der Waals surface area contributed by atoms with E-state index in [2.05, 4.69) is 0 Å². The molecule has 1 aliphatic heterocycles. The fourth-order valence-electron chi connectivity index (χ4n) is 1.79. The molecule has 1 aromatic rings. The van der Waals surface area contributed by atoms with Crippen molar-refractivity contribution in [2.75, 3.05) is 20.2 Å². The van der Waals surface area contributed by atoms with Gasteiger partial charge in [-0.1, -0.05) is 18.6 Å². The summed E-state index contributed by atoms with van der Waals surface area (Å²) in [5.41, 5.74) is 0. The van der Waals surface area contributed by atoms with Gasteiger partial charge in [0.05, 0.1) is 7.11 Å². The largest absolute Gasteiger partial charge is 0.493 e. The van der Waals surface area contributed by atoms with Crippen LogP contribution in [0.3, 0.4) is 0 Å². The lowest BCUT2D eigenvalue weighted by Gasteiger charge is -2.26. The van der Waals surface area contributed by atoms with Crippen LogP contribution in [0.2, 0.25) is 0 Å². The Labute approximate surface area is 90.6 Å². The maximum Gasteiger partial charge on any atom is 0.189 e. The topological polar surface area (TPSA) is 21.7 Å². The first-order valence-corrected chi connectivity index (χ1v) is 5.46. The second-order valence-corrected chi connectivity index (χ2v) is 3.73. The molecule has 1 aliphatic rings. The molecule has 3 heteroatoms. The third-order valence-electron chi connectivity index (χ3n) is 2.61. The van der Waals surface area contributed by atoms with E-state index in [1.807, 2.05) is 29.3 Å². The summed E-state index contributed by atoms with van der Waals surface area (Å²) in [5, 5.41) is 2.02. The van der Waals surface area contributed by atoms with Crippen LogP contribution in [0.1, 0.15) is 19.3 Å². The lowest BCUT2D eigenvalue weighted by atomic mass is 10.2. The summed E-state index contributed by atoms with van der Waals surface area (Å²) in [5.74, 6) is 1.60. The first-order valence-electron chi connectivity index (χ1n) is 5.46. The minimum Gasteiger partial charge on any atom is -0.493 e. The number of methoxy groups -OCH3 is 1. The first-order chi connectivity index (χ1) is 7.40. The van der Waals surface area contributed by atoms with Crippen molar-refractivity contribution in [1.82, 2.24) is 5.06 Å². The average molecular weight is 207 g/mol. The van der Waals surface area contributed by atoms with Crippen LogP contribution < -0.4 is 9.57 Å². The fourth-order valence-corrected chi connectivity index (χ4v) is 1.79. The molecule has 1 aromatic carbocycles. The van der Waals surface area contributed by atoms with Gasteiger partial charge in [-0.05, 0) is 25.0 Å². The van der Waals surface area contributed by atoms with Gasteiger partial charge in [-0.25, -0.2) is 0 Å². The number of benzene rings is 1. The molecule has 0 saturated carbocycles. The molecule has 0 bridgehead atoms. The van der Waals surface area contributed by atoms with Crippen LogP contribution in [0.4, 0.5) is 0 Å². The van der Waals surface area contributed by atoms with Crippen LogP contribution in [-0.2, 0) is 0 Å². The van der Waals surface area contributed by atoms with Crippen LogP contribution in [0.15, 0.2) is 24.3 Å². The Morgan fingerprint density at radius 3 is 2.33 bits per heavy atom. The summed E-state index contributed by atoms with van der Waals surface area (Å²) in [4.78, 5) is 5.79. The van der Waals surface area contributed by atoms with Gasteiger partial charge in [-0.3, -0.25) is 0 Å². The van der Waals surface area contributed by atoms with Gasteiger partial charge in [-0.2, -0.15) is 0 Å². The van der Waals surface area contributed by atoms with E-state index < -0.39 is 0 Å². The van der Waals surface area contributed by atoms with Gasteiger partial charge in [0.15, 0.2) is 11.5 Å². The Morgan fingerprint density at radius 2 is 1.67 bits per heavy atom. The summed E-state index contributed by atoms with van der Waals surface area (Å²) in [6.07, 6.45) is 3.75. The SMILES string of the molecule is COc1ccccc1ON1CCCCC1. The fraction of sp³-hybridized carbons (Fsp3) is 0.500. The molecule has 1 saturated heterocycles. The van der Waals surface area contributed by atoms with E-state index in [0.717, 1.165) is 24.6 Å². The van der Waals surface area contributed by atoms with E-state index >= 15 is 0 Å². The molecule has 0 aliphatic carbocycles. The second kappa shape index (κ2) is 5.03. The Bertz CT molecular complexity index is 308. The number of nitrogens with zero attached hydrogens (tertiary/aromatic N) is 1. The van der Waals surface area contributed by atoms with Gasteiger partial charge in [0.1, 0.15) is 0 Å². The predicted molar refractivity (Wildman–Crippen MR) is 59.0 cm³/mol. The highest BCUT2D eigenvalue weighted by atomic mass is 16.7. The number of rotatable bonds is 3. The van der Waals surface area contributed by atoms with E-state index in [0.29, 0.717) is 0 Å². The molecule has 3 nitrogen and oxygen atoms in total. The molecule has 2 rings (SSSR count). The van der Waals surface area contributed by atoms with Crippen molar-refractivity contribution < 1.29 is 9.57 Å². The normalized spacial score (nSPS) is 17.4. The first kappa shape index (κ1) is 10.3. The summed E-state index contributed by atoms with van der Waals surface area (Å²) >= 11 is 0. The highest BCUT2D eigenvalue weighted by Crippen LogP contribution is 2.27. The monoisotopic (exact) mass is 207 g/mol. The number of ether oxygens (including phenoxy) is 1. The van der Waals surface area contributed by atoms with E-state index in [1.54, 1.807) is 7.11 Å². The Balaban J connectivity index is 2.02. The highest BCUT2D eigenvalue weighted by molar-refractivity contribution is 5.39. The molecule has 0 spiro atoms. The molecule has 15 heavy (non-hydrogen) atoms. The van der Waals surface area contributed by atoms with E-state index in [1.165, 1.54) is 19.3 Å². The Kier molecular flexibility index (Phi) is 3.45. The summed E-state index contributed by atoms with van der Waals surface area (Å²) in [7, 11) is 1.67. The second-order valence-electron chi connectivity index (χ2n) is 3.73. The zero-order chi connectivity index (χ0) is 10.5. The third kappa shape index (κ3) is 2.63. The zero-order valence-electron chi connectivity index (χ0n) is 9.11. The molecular weight excluding hydrogens is 190 g/mol. The summed E-state index contributed by atoms with van der Waals surface area (Å²) < 4.78 is 5.24. The molecule has 1 heterocycles. The van der Waals surface area contributed by atoms with Crippen molar-refractivity contribution >= 4 is 0 Å². The summed E-state index contributed by atoms with van der Waals surface area (Å²) in [6.45, 7) is 2.02. The molecule has 0 atom stereocenters. The standard InChI is InChI=1S/C12H17NO2/c1-14-11-7-3-4-8-12(11)15-13-9-5-2-6-10-13/h3-4,7-8H,2,5-6,9-10H2,1H3. The van der Waals surface area contributed by atoms with Crippen molar-refractivity contribution in [2.24, 2.45) is 0 Å². The Morgan fingerprint density at radius 1 is 1.00 bits per heavy atom. The van der Waals surface area contributed by atoms with Crippen molar-refractivity contribution in [3.63, 3.8) is 0 Å². The van der Waals surface area contributed by atoms with Crippen LogP contribution in [0.25, 0.3) is 0 Å². The van der Waals surface area contributed by atoms with Crippen LogP contribution >= 0.6 is 0 Å². The quantitative estimate of drug-likeness (QED) is 0.760. The molecule has 0 N–H and O–H groups in total. The van der Waals surface area contributed by atoms with Gasteiger partial charge >= 0.3 is 0 Å². The van der Waals surface area contributed by atoms with Crippen LogP contribution in [-0.4, -0.2) is 25.3 Å². The van der Waals surface area contributed by atoms with Crippen molar-refractivity contribution in [3.8, 4) is 11.5 Å². The molecule has 0 radical (unpaired) electrons. The molecule has 0 amide bonds. The van der Waals surface area contributed by atoms with Crippen molar-refractivity contribution in [1.29, 1.82) is 0 Å². The number of hydrogen-bond acceptors (Lipinski definition) is 3. The molecule has 0 aromatic heterocycles. The predicted octanol–water partition coefficient (Wildman–Crippen LogP) is 2.47. The van der Waals surface area contributed by atoms with E-state index in [9.17, 15) is 0 Å². The highest BCUT2D eigenvalue weighted by Gasteiger charge is 2.13. The maximum atomic E-state index is 5.79. The molecule has 1 fully saturated rings. The van der Waals surface area contributed by atoms with Crippen LogP contribution in [0.5, 0.6) is 11.5 Å². The van der Waals surface area contributed by atoms with Crippen molar-refractivity contribution in [3.05, 3.63) is 24.3 Å². The lowest BCUT2D eigenvalue weighted by molar-refractivity contribution is -0.0735. The minimum absolute atomic E-state index is 0.795. The Hall–Kier alpha value is -1.22. The van der Waals surface area contributed by atoms with Gasteiger partial charge in [0, 0.05) is 13.1 Å². The van der Waals surface area contributed by atoms with Gasteiger partial charge in [0.2, 0.25) is 0 Å². The van der Waals surface area contributed by atoms with E-state index in [4.69, 9.17) is 9.57 Å². The van der Waals surface area contributed by atoms with Gasteiger partial charge < -0.3 is 9.57 Å². The minimum atomic E-state index is 0.795. The number of para-hydroxylation sites is 2. The molecular formula is C12H17NO2. The number of piperidine rings is 1.